The molecule has 1 heterocycles. The third-order valence-electron chi connectivity index (χ3n) is 5.87. The Balaban J connectivity index is 1.52. The number of hydrogen-bond acceptors (Lipinski definition) is 6. The summed E-state index contributed by atoms with van der Waals surface area (Å²) in [6.07, 6.45) is -1.01. The molecule has 0 spiro atoms. The second kappa shape index (κ2) is 11.0. The standard InChI is InChI=1S/C25H24ClN3O7S/c26-18-10-11-20(22(30)23(18)37(34,35)17-12-14-29(15-13-17)25(32)33)28-24(31)27-19-8-4-5-9-21(19)36-16-6-2-1-3-7-16/h1-11,17,30H,12-15H2,(H,32,33)(H2,27,28,31). The van der Waals surface area contributed by atoms with E-state index in [4.69, 9.17) is 21.4 Å². The summed E-state index contributed by atoms with van der Waals surface area (Å²) in [5.74, 6) is 0.244. The number of carboxylic acid groups (broad SMARTS) is 1. The SMILES string of the molecule is O=C(Nc1ccccc1Oc1ccccc1)Nc1ccc(Cl)c(S(=O)(=O)C2CCN(C(=O)O)CC2)c1O. The van der Waals surface area contributed by atoms with Gasteiger partial charge in [0.05, 0.1) is 21.6 Å². The van der Waals surface area contributed by atoms with Gasteiger partial charge in [0.25, 0.3) is 0 Å². The second-order valence-corrected chi connectivity index (χ2v) is 10.8. The van der Waals surface area contributed by atoms with Crippen LogP contribution in [-0.4, -0.2) is 54.0 Å². The van der Waals surface area contributed by atoms with E-state index in [1.807, 2.05) is 18.2 Å². The number of amides is 3. The van der Waals surface area contributed by atoms with Crippen LogP contribution in [0.4, 0.5) is 21.0 Å². The molecule has 0 atom stereocenters. The number of sulfone groups is 1. The van der Waals surface area contributed by atoms with E-state index in [-0.39, 0.29) is 36.6 Å². The first-order valence-electron chi connectivity index (χ1n) is 11.3. The van der Waals surface area contributed by atoms with E-state index >= 15 is 0 Å². The summed E-state index contributed by atoms with van der Waals surface area (Å²) in [6.45, 7) is 0.0881. The molecule has 10 nitrogen and oxygen atoms in total. The molecule has 1 aliphatic rings. The topological polar surface area (TPSA) is 145 Å². The number of phenols is 1. The maximum atomic E-state index is 13.3. The van der Waals surface area contributed by atoms with Gasteiger partial charge in [-0.3, -0.25) is 0 Å². The molecule has 0 unspecified atom stereocenters. The first-order chi connectivity index (χ1) is 17.7. The molecule has 3 aromatic carbocycles. The first kappa shape index (κ1) is 26.1. The molecule has 3 aromatic rings. The molecular weight excluding hydrogens is 522 g/mol. The number of aromatic hydroxyl groups is 1. The fourth-order valence-corrected chi connectivity index (χ4v) is 6.35. The number of halogens is 1. The van der Waals surface area contributed by atoms with Crippen LogP contribution in [0.2, 0.25) is 5.02 Å². The minimum Gasteiger partial charge on any atom is -0.504 e. The number of rotatable bonds is 6. The highest BCUT2D eigenvalue weighted by Gasteiger charge is 2.36. The Kier molecular flexibility index (Phi) is 7.74. The van der Waals surface area contributed by atoms with Crippen LogP contribution in [0.25, 0.3) is 0 Å². The number of urea groups is 1. The zero-order valence-electron chi connectivity index (χ0n) is 19.4. The zero-order chi connectivity index (χ0) is 26.6. The summed E-state index contributed by atoms with van der Waals surface area (Å²) in [6, 6.07) is 17.5. The van der Waals surface area contributed by atoms with Crippen LogP contribution < -0.4 is 15.4 Å². The lowest BCUT2D eigenvalue weighted by molar-refractivity contribution is 0.136. The normalized spacial score (nSPS) is 14.1. The predicted molar refractivity (Wildman–Crippen MR) is 139 cm³/mol. The summed E-state index contributed by atoms with van der Waals surface area (Å²) in [5.41, 5.74) is 0.181. The van der Waals surface area contributed by atoms with E-state index in [2.05, 4.69) is 10.6 Å². The van der Waals surface area contributed by atoms with Crippen molar-refractivity contribution in [3.8, 4) is 17.2 Å². The van der Waals surface area contributed by atoms with E-state index in [1.54, 1.807) is 36.4 Å². The molecule has 194 valence electrons. The van der Waals surface area contributed by atoms with Crippen molar-refractivity contribution in [3.05, 3.63) is 71.8 Å². The van der Waals surface area contributed by atoms with E-state index in [0.29, 0.717) is 17.2 Å². The van der Waals surface area contributed by atoms with Gasteiger partial charge in [0.2, 0.25) is 0 Å². The summed E-state index contributed by atoms with van der Waals surface area (Å²) in [4.78, 5) is 24.5. The van der Waals surface area contributed by atoms with Crippen molar-refractivity contribution < 1.29 is 33.0 Å². The first-order valence-corrected chi connectivity index (χ1v) is 13.2. The Morgan fingerprint density at radius 2 is 1.54 bits per heavy atom. The lowest BCUT2D eigenvalue weighted by Gasteiger charge is -2.30. The molecular formula is C25H24ClN3O7S. The van der Waals surface area contributed by atoms with Gasteiger partial charge < -0.3 is 30.5 Å². The number of anilines is 2. The third-order valence-corrected chi connectivity index (χ3v) is 8.63. The molecule has 12 heteroatoms. The van der Waals surface area contributed by atoms with Crippen molar-refractivity contribution in [2.45, 2.75) is 23.0 Å². The number of piperidine rings is 1. The molecule has 1 saturated heterocycles. The highest BCUT2D eigenvalue weighted by Crippen LogP contribution is 2.40. The number of phenolic OH excluding ortho intramolecular Hbond substituents is 1. The number of carbonyl (C=O) groups is 2. The third kappa shape index (κ3) is 5.89. The molecule has 1 fully saturated rings. The fraction of sp³-hybridized carbons (Fsp3) is 0.200. The van der Waals surface area contributed by atoms with Gasteiger partial charge in [0.1, 0.15) is 10.6 Å². The minimum atomic E-state index is -4.12. The lowest BCUT2D eigenvalue weighted by atomic mass is 10.1. The highest BCUT2D eigenvalue weighted by molar-refractivity contribution is 7.92. The lowest BCUT2D eigenvalue weighted by Crippen LogP contribution is -2.41. The van der Waals surface area contributed by atoms with Crippen LogP contribution >= 0.6 is 11.6 Å². The molecule has 4 N–H and O–H groups in total. The van der Waals surface area contributed by atoms with Crippen LogP contribution in [0.15, 0.2) is 71.6 Å². The van der Waals surface area contributed by atoms with Crippen molar-refractivity contribution in [1.29, 1.82) is 0 Å². The Morgan fingerprint density at radius 1 is 0.919 bits per heavy atom. The molecule has 0 aliphatic carbocycles. The number of nitrogens with one attached hydrogen (secondary N) is 2. The summed E-state index contributed by atoms with van der Waals surface area (Å²) in [5, 5.41) is 23.9. The average molecular weight is 546 g/mol. The fourth-order valence-electron chi connectivity index (χ4n) is 3.99. The van der Waals surface area contributed by atoms with Crippen molar-refractivity contribution in [1.82, 2.24) is 4.90 Å². The Bertz CT molecular complexity index is 1410. The van der Waals surface area contributed by atoms with E-state index in [1.165, 1.54) is 12.1 Å². The number of para-hydroxylation sites is 3. The van der Waals surface area contributed by atoms with Crippen molar-refractivity contribution >= 4 is 44.9 Å². The van der Waals surface area contributed by atoms with Crippen LogP contribution in [0.1, 0.15) is 12.8 Å². The predicted octanol–water partition coefficient (Wildman–Crippen LogP) is 5.40. The summed E-state index contributed by atoms with van der Waals surface area (Å²) < 4.78 is 32.4. The van der Waals surface area contributed by atoms with Crippen LogP contribution in [-0.2, 0) is 9.84 Å². The van der Waals surface area contributed by atoms with Crippen LogP contribution in [0.5, 0.6) is 17.2 Å². The van der Waals surface area contributed by atoms with Gasteiger partial charge in [-0.2, -0.15) is 0 Å². The van der Waals surface area contributed by atoms with Crippen molar-refractivity contribution in [3.63, 3.8) is 0 Å². The van der Waals surface area contributed by atoms with Gasteiger partial charge >= 0.3 is 12.1 Å². The minimum absolute atomic E-state index is 0.0441. The van der Waals surface area contributed by atoms with Gasteiger partial charge in [0.15, 0.2) is 21.3 Å². The van der Waals surface area contributed by atoms with Crippen molar-refractivity contribution in [2.75, 3.05) is 23.7 Å². The molecule has 0 saturated carbocycles. The molecule has 0 aromatic heterocycles. The summed E-state index contributed by atoms with van der Waals surface area (Å²) >= 11 is 6.16. The highest BCUT2D eigenvalue weighted by atomic mass is 35.5. The summed E-state index contributed by atoms with van der Waals surface area (Å²) in [7, 11) is -4.12. The van der Waals surface area contributed by atoms with Crippen LogP contribution in [0.3, 0.4) is 0 Å². The largest absolute Gasteiger partial charge is 0.504 e. The number of carbonyl (C=O) groups excluding carboxylic acids is 1. The van der Waals surface area contributed by atoms with Crippen LogP contribution in [0, 0.1) is 0 Å². The number of hydrogen-bond donors (Lipinski definition) is 4. The van der Waals surface area contributed by atoms with Gasteiger partial charge in [0, 0.05) is 13.1 Å². The van der Waals surface area contributed by atoms with E-state index < -0.39 is 37.9 Å². The van der Waals surface area contributed by atoms with Gasteiger partial charge in [-0.25, -0.2) is 18.0 Å². The number of benzene rings is 3. The molecule has 37 heavy (non-hydrogen) atoms. The maximum absolute atomic E-state index is 13.3. The Hall–Kier alpha value is -3.96. The average Bonchev–Trinajstić information content (AvgIpc) is 2.87. The zero-order valence-corrected chi connectivity index (χ0v) is 21.0. The van der Waals surface area contributed by atoms with Crippen molar-refractivity contribution in [2.24, 2.45) is 0 Å². The maximum Gasteiger partial charge on any atom is 0.407 e. The Labute approximate surface area is 218 Å². The van der Waals surface area contributed by atoms with Gasteiger partial charge in [-0.05, 0) is 49.2 Å². The second-order valence-electron chi connectivity index (χ2n) is 8.28. The molecule has 0 bridgehead atoms. The Morgan fingerprint density at radius 3 is 2.22 bits per heavy atom. The number of likely N-dealkylation sites (tertiary alicyclic amines) is 1. The molecule has 0 radical (unpaired) electrons. The molecule has 1 aliphatic heterocycles. The van der Waals surface area contributed by atoms with E-state index in [0.717, 1.165) is 4.90 Å². The quantitative estimate of drug-likeness (QED) is 0.303. The number of ether oxygens (including phenoxy) is 1. The number of nitrogens with zero attached hydrogens (tertiary/aromatic N) is 1. The van der Waals surface area contributed by atoms with Gasteiger partial charge in [-0.15, -0.1) is 0 Å². The van der Waals surface area contributed by atoms with E-state index in [9.17, 15) is 23.1 Å². The molecule has 3 amide bonds. The van der Waals surface area contributed by atoms with Gasteiger partial charge in [-0.1, -0.05) is 41.9 Å². The smallest absolute Gasteiger partial charge is 0.407 e. The monoisotopic (exact) mass is 545 g/mol. The molecule has 4 rings (SSSR count).